The molecule has 1 aliphatic rings. The van der Waals surface area contributed by atoms with Crippen molar-refractivity contribution in [3.05, 3.63) is 84.7 Å². The maximum absolute atomic E-state index is 13.1. The maximum atomic E-state index is 13.1. The van der Waals surface area contributed by atoms with E-state index in [-0.39, 0.29) is 5.91 Å². The van der Waals surface area contributed by atoms with Gasteiger partial charge in [-0.15, -0.1) is 0 Å². The molecule has 0 saturated carbocycles. The lowest BCUT2D eigenvalue weighted by atomic mass is 9.92. The van der Waals surface area contributed by atoms with Gasteiger partial charge in [-0.25, -0.2) is 4.98 Å². The van der Waals surface area contributed by atoms with Gasteiger partial charge in [-0.05, 0) is 37.1 Å². The fraction of sp³-hybridized carbons (Fsp3) is 0.208. The minimum atomic E-state index is 0.0548. The number of hydrogen-bond acceptors (Lipinski definition) is 6. The molecule has 0 radical (unpaired) electrons. The van der Waals surface area contributed by atoms with Gasteiger partial charge in [0, 0.05) is 48.7 Å². The summed E-state index contributed by atoms with van der Waals surface area (Å²) in [6, 6.07) is 13.7. The largest absolute Gasteiger partial charge is 0.339 e. The lowest BCUT2D eigenvalue weighted by molar-refractivity contribution is 0.0714. The van der Waals surface area contributed by atoms with E-state index < -0.39 is 0 Å². The smallest absolute Gasteiger partial charge is 0.256 e. The van der Waals surface area contributed by atoms with Crippen LogP contribution in [0.3, 0.4) is 0 Å². The Balaban J connectivity index is 1.23. The summed E-state index contributed by atoms with van der Waals surface area (Å²) in [5.74, 6) is 1.09. The average Bonchev–Trinajstić information content (AvgIpc) is 2.84. The van der Waals surface area contributed by atoms with E-state index in [1.54, 1.807) is 24.8 Å². The van der Waals surface area contributed by atoms with Crippen molar-refractivity contribution in [2.24, 2.45) is 0 Å². The number of pyridine rings is 2. The average molecular weight is 410 g/mol. The molecule has 5 rings (SSSR count). The third kappa shape index (κ3) is 4.07. The molecule has 1 fully saturated rings. The number of likely N-dealkylation sites (tertiary alicyclic amines) is 1. The normalized spacial score (nSPS) is 14.5. The van der Waals surface area contributed by atoms with Crippen LogP contribution in [0, 0.1) is 0 Å². The van der Waals surface area contributed by atoms with Crippen LogP contribution in [0.2, 0.25) is 0 Å². The summed E-state index contributed by atoms with van der Waals surface area (Å²) in [4.78, 5) is 32.4. The molecule has 154 valence electrons. The fourth-order valence-corrected chi connectivity index (χ4v) is 4.06. The zero-order valence-corrected chi connectivity index (χ0v) is 17.0. The van der Waals surface area contributed by atoms with E-state index in [0.29, 0.717) is 30.4 Å². The molecule has 4 heterocycles. The van der Waals surface area contributed by atoms with Gasteiger partial charge in [-0.1, -0.05) is 18.2 Å². The summed E-state index contributed by atoms with van der Waals surface area (Å²) >= 11 is 0. The second-order valence-electron chi connectivity index (χ2n) is 7.63. The van der Waals surface area contributed by atoms with Crippen LogP contribution in [0.5, 0.6) is 0 Å². The minimum absolute atomic E-state index is 0.0548. The Morgan fingerprint density at radius 3 is 2.55 bits per heavy atom. The third-order valence-electron chi connectivity index (χ3n) is 5.69. The number of carbonyl (C=O) groups excluding carboxylic acids is 1. The van der Waals surface area contributed by atoms with Crippen molar-refractivity contribution in [2.45, 2.75) is 18.8 Å². The number of fused-ring (bicyclic) bond motifs is 1. The van der Waals surface area contributed by atoms with Crippen molar-refractivity contribution < 1.29 is 4.79 Å². The van der Waals surface area contributed by atoms with E-state index in [1.807, 2.05) is 47.5 Å². The zero-order valence-electron chi connectivity index (χ0n) is 17.0. The van der Waals surface area contributed by atoms with Crippen LogP contribution in [0.25, 0.3) is 10.9 Å². The zero-order chi connectivity index (χ0) is 21.0. The van der Waals surface area contributed by atoms with E-state index in [4.69, 9.17) is 0 Å². The van der Waals surface area contributed by atoms with Gasteiger partial charge in [0.2, 0.25) is 0 Å². The van der Waals surface area contributed by atoms with E-state index in [1.165, 1.54) is 0 Å². The molecule has 7 heteroatoms. The number of nitrogens with one attached hydrogen (secondary N) is 1. The van der Waals surface area contributed by atoms with Gasteiger partial charge >= 0.3 is 0 Å². The number of aromatic nitrogens is 4. The summed E-state index contributed by atoms with van der Waals surface area (Å²) in [5, 5.41) is 4.18. The van der Waals surface area contributed by atoms with Gasteiger partial charge in [-0.3, -0.25) is 19.7 Å². The number of nitrogens with zero attached hydrogens (tertiary/aromatic N) is 5. The second kappa shape index (κ2) is 8.47. The highest BCUT2D eigenvalue weighted by Crippen LogP contribution is 2.29. The second-order valence-corrected chi connectivity index (χ2v) is 7.63. The highest BCUT2D eigenvalue weighted by atomic mass is 16.2. The molecule has 7 nitrogen and oxygen atoms in total. The Morgan fingerprint density at radius 2 is 1.77 bits per heavy atom. The highest BCUT2D eigenvalue weighted by molar-refractivity contribution is 6.05. The lowest BCUT2D eigenvalue weighted by Crippen LogP contribution is -2.38. The van der Waals surface area contributed by atoms with Crippen LogP contribution in [-0.2, 0) is 0 Å². The number of benzene rings is 1. The Bertz CT molecular complexity index is 1180. The molecule has 3 aromatic heterocycles. The molecule has 4 aromatic rings. The summed E-state index contributed by atoms with van der Waals surface area (Å²) in [7, 11) is 0. The van der Waals surface area contributed by atoms with Crippen molar-refractivity contribution in [1.29, 1.82) is 0 Å². The van der Waals surface area contributed by atoms with E-state index in [0.717, 1.165) is 35.1 Å². The van der Waals surface area contributed by atoms with Crippen molar-refractivity contribution in [1.82, 2.24) is 24.8 Å². The Labute approximate surface area is 180 Å². The molecule has 1 aromatic carbocycles. The quantitative estimate of drug-likeness (QED) is 0.543. The monoisotopic (exact) mass is 410 g/mol. The standard InChI is InChI=1S/C24H22N6O/c31-24(20-5-1-3-18-4-2-10-27-23(18)20)30-13-8-17(9-14-30)21-7-6-19(15-28-21)29-22-16-25-11-12-26-22/h1-7,10-12,15-17H,8-9,13-14H2,(H,26,29). The number of amides is 1. The van der Waals surface area contributed by atoms with E-state index in [9.17, 15) is 4.79 Å². The van der Waals surface area contributed by atoms with Gasteiger partial charge in [0.25, 0.3) is 5.91 Å². The van der Waals surface area contributed by atoms with Crippen molar-refractivity contribution in [2.75, 3.05) is 18.4 Å². The molecule has 1 N–H and O–H groups in total. The highest BCUT2D eigenvalue weighted by Gasteiger charge is 2.26. The third-order valence-corrected chi connectivity index (χ3v) is 5.69. The lowest BCUT2D eigenvalue weighted by Gasteiger charge is -2.32. The molecule has 1 amide bonds. The number of anilines is 2. The topological polar surface area (TPSA) is 83.9 Å². The molecule has 31 heavy (non-hydrogen) atoms. The first kappa shape index (κ1) is 19.1. The first-order chi connectivity index (χ1) is 15.3. The van der Waals surface area contributed by atoms with Crippen LogP contribution in [0.1, 0.15) is 34.8 Å². The Hall–Kier alpha value is -3.87. The van der Waals surface area contributed by atoms with Gasteiger partial charge in [-0.2, -0.15) is 0 Å². The predicted molar refractivity (Wildman–Crippen MR) is 119 cm³/mol. The number of rotatable bonds is 4. The van der Waals surface area contributed by atoms with Crippen LogP contribution in [-0.4, -0.2) is 43.8 Å². The molecule has 0 unspecified atom stereocenters. The molecule has 1 aliphatic heterocycles. The predicted octanol–water partition coefficient (Wildman–Crippen LogP) is 4.18. The van der Waals surface area contributed by atoms with Crippen LogP contribution in [0.15, 0.2) is 73.4 Å². The van der Waals surface area contributed by atoms with Gasteiger partial charge < -0.3 is 10.2 Å². The van der Waals surface area contributed by atoms with Crippen molar-refractivity contribution in [3.63, 3.8) is 0 Å². The van der Waals surface area contributed by atoms with Gasteiger partial charge in [0.1, 0.15) is 5.82 Å². The number of piperidine rings is 1. The molecule has 0 spiro atoms. The van der Waals surface area contributed by atoms with E-state index >= 15 is 0 Å². The Kier molecular flexibility index (Phi) is 5.22. The fourth-order valence-electron chi connectivity index (χ4n) is 4.06. The Morgan fingerprint density at radius 1 is 0.903 bits per heavy atom. The first-order valence-electron chi connectivity index (χ1n) is 10.4. The molecule has 0 bridgehead atoms. The van der Waals surface area contributed by atoms with Crippen LogP contribution in [0.4, 0.5) is 11.5 Å². The number of carbonyl (C=O) groups is 1. The summed E-state index contributed by atoms with van der Waals surface area (Å²) in [6.07, 6.45) is 10.3. The first-order valence-corrected chi connectivity index (χ1v) is 10.4. The maximum Gasteiger partial charge on any atom is 0.256 e. The molecule has 0 atom stereocenters. The van der Waals surface area contributed by atoms with E-state index in [2.05, 4.69) is 31.3 Å². The molecule has 0 aliphatic carbocycles. The van der Waals surface area contributed by atoms with Crippen LogP contribution < -0.4 is 5.32 Å². The SMILES string of the molecule is O=C(c1cccc2cccnc12)N1CCC(c2ccc(Nc3cnccn3)cn2)CC1. The van der Waals surface area contributed by atoms with Gasteiger partial charge in [0.05, 0.1) is 29.2 Å². The summed E-state index contributed by atoms with van der Waals surface area (Å²) < 4.78 is 0. The van der Waals surface area contributed by atoms with Crippen molar-refractivity contribution >= 4 is 28.3 Å². The molecular formula is C24H22N6O. The molecule has 1 saturated heterocycles. The summed E-state index contributed by atoms with van der Waals surface area (Å²) in [5.41, 5.74) is 3.38. The number of para-hydroxylation sites is 1. The number of hydrogen-bond donors (Lipinski definition) is 1. The van der Waals surface area contributed by atoms with Gasteiger partial charge in [0.15, 0.2) is 0 Å². The summed E-state index contributed by atoms with van der Waals surface area (Å²) in [6.45, 7) is 1.43. The van der Waals surface area contributed by atoms with Crippen LogP contribution >= 0.6 is 0 Å². The molecular weight excluding hydrogens is 388 g/mol. The minimum Gasteiger partial charge on any atom is -0.339 e. The van der Waals surface area contributed by atoms with Crippen molar-refractivity contribution in [3.8, 4) is 0 Å².